The summed E-state index contributed by atoms with van der Waals surface area (Å²) >= 11 is 7.78. The van der Waals surface area contributed by atoms with Crippen LogP contribution < -0.4 is 11.4 Å². The zero-order valence-electron chi connectivity index (χ0n) is 30.0. The first-order chi connectivity index (χ1) is 25.5. The third-order valence-electron chi connectivity index (χ3n) is 8.51. The Kier molecular flexibility index (Phi) is 14.7. The lowest BCUT2D eigenvalue weighted by molar-refractivity contribution is -0.0814. The second-order valence-electron chi connectivity index (χ2n) is 12.6. The van der Waals surface area contributed by atoms with E-state index in [9.17, 15) is 23.9 Å². The molecular formula is C29H45N7O14P2S2. The minimum atomic E-state index is -4.44. The van der Waals surface area contributed by atoms with Gasteiger partial charge in [0.15, 0.2) is 23.9 Å². The highest BCUT2D eigenvalue weighted by atomic mass is 32.7. The molecule has 5 unspecified atom stereocenters. The van der Waals surface area contributed by atoms with E-state index in [1.54, 1.807) is 13.1 Å². The quantitative estimate of drug-likeness (QED) is 0.0655. The summed E-state index contributed by atoms with van der Waals surface area (Å²) in [5.74, 6) is 0.0783. The van der Waals surface area contributed by atoms with E-state index >= 15 is 0 Å². The molecule has 2 saturated heterocycles. The van der Waals surface area contributed by atoms with Gasteiger partial charge in [-0.05, 0) is 18.4 Å². The Morgan fingerprint density at radius 1 is 0.926 bits per heavy atom. The van der Waals surface area contributed by atoms with Crippen molar-refractivity contribution in [2.45, 2.75) is 75.8 Å². The molecule has 10 atom stereocenters. The van der Waals surface area contributed by atoms with Crippen LogP contribution in [0.2, 0.25) is 0 Å². The Labute approximate surface area is 320 Å². The zero-order chi connectivity index (χ0) is 39.4. The summed E-state index contributed by atoms with van der Waals surface area (Å²) in [7, 11) is 2.95. The van der Waals surface area contributed by atoms with Gasteiger partial charge in [-0.3, -0.25) is 22.7 Å². The molecular weight excluding hydrogens is 796 g/mol. The molecule has 25 heteroatoms. The van der Waals surface area contributed by atoms with Crippen LogP contribution in [0.5, 0.6) is 0 Å². The van der Waals surface area contributed by atoms with Gasteiger partial charge in [-0.1, -0.05) is 38.3 Å². The first-order valence-electron chi connectivity index (χ1n) is 16.6. The molecule has 302 valence electrons. The molecule has 54 heavy (non-hydrogen) atoms. The van der Waals surface area contributed by atoms with Crippen LogP contribution >= 0.6 is 38.1 Å². The van der Waals surface area contributed by atoms with Gasteiger partial charge in [0, 0.05) is 20.4 Å². The number of aromatic nitrogens is 6. The van der Waals surface area contributed by atoms with Crippen LogP contribution in [0.25, 0.3) is 11.2 Å². The maximum absolute atomic E-state index is 14.0. The van der Waals surface area contributed by atoms with E-state index in [1.807, 2.05) is 13.8 Å². The van der Waals surface area contributed by atoms with Crippen molar-refractivity contribution in [1.82, 2.24) is 29.1 Å². The zero-order valence-corrected chi connectivity index (χ0v) is 33.6. The number of aliphatic hydroxyl groups is 1. The maximum Gasteiger partial charge on any atom is 0.386 e. The standard InChI is InChI=1S/C29H45N7O14P2S2/c1-15(2)19-16(3)10-35(29(38)34-19)28-24(45-9-7-43-5)22(18(49-28)12-46-51(39,40)53)50-52(41,54)47-11-17-21(37)23(44-8-6-42-4)27(48-17)36-14-33-20-25(30)31-13-32-26(20)36/h10,13-15,17-18,21-24,27-28,37H,6-9,11-12H2,1-5H3,(H,41,54)(H2,30,31,32)(H2,39,40,53)/t17-,18-,21+,22?,23?,24+,27?,28-,52?/m1/s1. The molecule has 2 aliphatic rings. The van der Waals surface area contributed by atoms with Crippen LogP contribution in [-0.4, -0.2) is 130 Å². The summed E-state index contributed by atoms with van der Waals surface area (Å²) in [5, 5.41) is 11.4. The molecule has 0 saturated carbocycles. The molecule has 0 amide bonds. The summed E-state index contributed by atoms with van der Waals surface area (Å²) < 4.78 is 79.9. The molecule has 3 aromatic heterocycles. The van der Waals surface area contributed by atoms with Gasteiger partial charge in [0.2, 0.25) is 0 Å². The van der Waals surface area contributed by atoms with Crippen LogP contribution in [0.15, 0.2) is 23.6 Å². The van der Waals surface area contributed by atoms with Gasteiger partial charge < -0.3 is 44.2 Å². The van der Waals surface area contributed by atoms with Crippen LogP contribution in [0.3, 0.4) is 0 Å². The van der Waals surface area contributed by atoms with Gasteiger partial charge in [-0.15, -0.1) is 0 Å². The summed E-state index contributed by atoms with van der Waals surface area (Å²) in [6.45, 7) is -3.99. The average molecular weight is 842 g/mol. The van der Waals surface area contributed by atoms with Gasteiger partial charge in [-0.2, -0.15) is 4.98 Å². The third-order valence-corrected chi connectivity index (χ3v) is 11.0. The van der Waals surface area contributed by atoms with Crippen molar-refractivity contribution in [3.63, 3.8) is 0 Å². The molecule has 0 spiro atoms. The summed E-state index contributed by atoms with van der Waals surface area (Å²) in [5.41, 5.74) is 7.16. The fourth-order valence-electron chi connectivity index (χ4n) is 6.09. The Bertz CT molecular complexity index is 1890. The second kappa shape index (κ2) is 18.5. The van der Waals surface area contributed by atoms with Gasteiger partial charge in [0.05, 0.1) is 51.7 Å². The molecule has 5 heterocycles. The Hall–Kier alpha value is -2.05. The lowest BCUT2D eigenvalue weighted by Gasteiger charge is -2.27. The van der Waals surface area contributed by atoms with E-state index < -0.39 is 81.6 Å². The predicted octanol–water partition coefficient (Wildman–Crippen LogP) is 1.80. The molecule has 2 aliphatic heterocycles. The molecule has 21 nitrogen and oxygen atoms in total. The number of hydrogen-bond acceptors (Lipinski definition) is 18. The number of methoxy groups -OCH3 is 2. The number of aliphatic hydroxyl groups excluding tert-OH is 1. The molecule has 4 N–H and O–H groups in total. The SMILES string of the molecule is COCCOC1C(n2cnc3c(N)ncnc32)O[C@H](COP(=O)(S)OC2[C@@H](COP(=O)(O)S)O[C@@H](n3cc(C)c(C(C)C)nc3=O)[C@H]2OCCOC)[C@@H]1O. The highest BCUT2D eigenvalue weighted by Crippen LogP contribution is 2.57. The van der Waals surface area contributed by atoms with Crippen molar-refractivity contribution in [2.24, 2.45) is 0 Å². The second-order valence-corrected chi connectivity index (χ2v) is 18.3. The van der Waals surface area contributed by atoms with Crippen LogP contribution in [-0.2, 0) is 51.1 Å². The average Bonchev–Trinajstić information content (AvgIpc) is 3.77. The number of thiol groups is 2. The van der Waals surface area contributed by atoms with Gasteiger partial charge in [0.25, 0.3) is 0 Å². The molecule has 5 rings (SSSR count). The lowest BCUT2D eigenvalue weighted by Crippen LogP contribution is -2.40. The predicted molar refractivity (Wildman–Crippen MR) is 196 cm³/mol. The maximum atomic E-state index is 14.0. The topological polar surface area (TPSA) is 262 Å². The van der Waals surface area contributed by atoms with E-state index in [0.29, 0.717) is 22.4 Å². The molecule has 3 aromatic rings. The van der Waals surface area contributed by atoms with Crippen molar-refractivity contribution in [3.05, 3.63) is 40.6 Å². The minimum absolute atomic E-state index is 0.0318. The monoisotopic (exact) mass is 841 g/mol. The van der Waals surface area contributed by atoms with Crippen molar-refractivity contribution in [3.8, 4) is 0 Å². The number of anilines is 1. The van der Waals surface area contributed by atoms with Gasteiger partial charge >= 0.3 is 19.3 Å². The van der Waals surface area contributed by atoms with Crippen molar-refractivity contribution in [1.29, 1.82) is 0 Å². The van der Waals surface area contributed by atoms with E-state index in [4.69, 9.17) is 47.7 Å². The molecule has 0 radical (unpaired) electrons. The summed E-state index contributed by atoms with van der Waals surface area (Å²) in [4.78, 5) is 39.8. The highest BCUT2D eigenvalue weighted by Gasteiger charge is 2.52. The number of nitrogens with zero attached hydrogens (tertiary/aromatic N) is 6. The lowest BCUT2D eigenvalue weighted by atomic mass is 10.1. The third kappa shape index (κ3) is 10.3. The minimum Gasteiger partial charge on any atom is -0.387 e. The summed E-state index contributed by atoms with van der Waals surface area (Å²) in [6, 6.07) is 0. The number of ether oxygens (including phenoxy) is 6. The summed E-state index contributed by atoms with van der Waals surface area (Å²) in [6.07, 6.45) is -5.41. The number of rotatable bonds is 19. The number of fused-ring (bicyclic) bond motifs is 1. The largest absolute Gasteiger partial charge is 0.387 e. The molecule has 2 fully saturated rings. The van der Waals surface area contributed by atoms with Gasteiger partial charge in [0.1, 0.15) is 48.5 Å². The first-order valence-corrected chi connectivity index (χ1v) is 22.1. The van der Waals surface area contributed by atoms with Crippen LogP contribution in [0.4, 0.5) is 5.82 Å². The van der Waals surface area contributed by atoms with Crippen LogP contribution in [0.1, 0.15) is 43.5 Å². The van der Waals surface area contributed by atoms with E-state index in [0.717, 1.165) is 0 Å². The van der Waals surface area contributed by atoms with Crippen molar-refractivity contribution in [2.75, 3.05) is 59.6 Å². The Morgan fingerprint density at radius 2 is 1.56 bits per heavy atom. The Morgan fingerprint density at radius 3 is 2.20 bits per heavy atom. The highest BCUT2D eigenvalue weighted by molar-refractivity contribution is 8.44. The van der Waals surface area contributed by atoms with E-state index in [2.05, 4.69) is 44.4 Å². The van der Waals surface area contributed by atoms with E-state index in [-0.39, 0.29) is 38.2 Å². The van der Waals surface area contributed by atoms with E-state index in [1.165, 1.54) is 36.0 Å². The van der Waals surface area contributed by atoms with Gasteiger partial charge in [-0.25, -0.2) is 28.9 Å². The molecule has 0 bridgehead atoms. The fourth-order valence-corrected chi connectivity index (χ4v) is 8.12. The number of imidazole rings is 1. The number of nitrogen functional groups attached to an aromatic ring is 1. The number of nitrogens with two attached hydrogens (primary N) is 1. The molecule has 0 aromatic carbocycles. The molecule has 0 aliphatic carbocycles. The first kappa shape index (κ1) is 43.1. The van der Waals surface area contributed by atoms with Crippen molar-refractivity contribution >= 4 is 55.1 Å². The Balaban J connectivity index is 1.39. The fraction of sp³-hybridized carbons (Fsp3) is 0.690. The normalized spacial score (nSPS) is 28.2. The number of hydrogen-bond donors (Lipinski definition) is 5. The van der Waals surface area contributed by atoms with Crippen LogP contribution in [0, 0.1) is 6.92 Å². The van der Waals surface area contributed by atoms with Crippen molar-refractivity contribution < 1.29 is 61.1 Å². The number of aryl methyl sites for hydroxylation is 1. The smallest absolute Gasteiger partial charge is 0.386 e.